The smallest absolute Gasteiger partial charge is 0.269 e. The molecule has 0 spiro atoms. The van der Waals surface area contributed by atoms with E-state index in [1.807, 2.05) is 13.0 Å². The van der Waals surface area contributed by atoms with Crippen molar-refractivity contribution in [3.63, 3.8) is 0 Å². The number of sulfonamides is 1. The number of carbonyl (C=O) groups excluding carboxylic acids is 1. The molecule has 0 unspecified atom stereocenters. The van der Waals surface area contributed by atoms with Gasteiger partial charge in [0.05, 0.1) is 4.90 Å². The Morgan fingerprint density at radius 1 is 1.08 bits per heavy atom. The van der Waals surface area contributed by atoms with Crippen molar-refractivity contribution in [2.75, 3.05) is 4.72 Å². The van der Waals surface area contributed by atoms with Crippen molar-refractivity contribution in [3.05, 3.63) is 70.8 Å². The molecule has 0 aromatic heterocycles. The summed E-state index contributed by atoms with van der Waals surface area (Å²) in [5, 5.41) is 0. The maximum Gasteiger partial charge on any atom is 0.269 e. The predicted octanol–water partition coefficient (Wildman–Crippen LogP) is 3.41. The number of allylic oxidation sites excluding steroid dienone is 1. The number of benzene rings is 2. The van der Waals surface area contributed by atoms with Crippen LogP contribution in [-0.2, 0) is 10.0 Å². The lowest BCUT2D eigenvalue weighted by atomic mass is 10.2. The molecule has 0 saturated carbocycles. The van der Waals surface area contributed by atoms with Gasteiger partial charge in [-0.2, -0.15) is 0 Å². The van der Waals surface area contributed by atoms with Gasteiger partial charge in [0, 0.05) is 21.9 Å². The Bertz CT molecular complexity index is 848. The molecule has 3 N–H and O–H groups in total. The summed E-state index contributed by atoms with van der Waals surface area (Å²) < 4.78 is 27.9. The summed E-state index contributed by atoms with van der Waals surface area (Å²) in [6.45, 7) is 1.98. The molecule has 0 aliphatic heterocycles. The summed E-state index contributed by atoms with van der Waals surface area (Å²) in [6, 6.07) is 12.5. The highest BCUT2D eigenvalue weighted by molar-refractivity contribution is 9.10. The zero-order valence-electron chi connectivity index (χ0n) is 13.5. The molecule has 0 heterocycles. The molecule has 25 heavy (non-hydrogen) atoms. The first-order chi connectivity index (χ1) is 11.9. The van der Waals surface area contributed by atoms with Crippen LogP contribution in [0.1, 0.15) is 23.7 Å². The van der Waals surface area contributed by atoms with Crippen LogP contribution in [0.4, 0.5) is 5.69 Å². The van der Waals surface area contributed by atoms with Gasteiger partial charge in [-0.25, -0.2) is 8.42 Å². The third kappa shape index (κ3) is 5.61. The van der Waals surface area contributed by atoms with Gasteiger partial charge < -0.3 is 5.43 Å². The molecule has 1 amide bonds. The first kappa shape index (κ1) is 19.0. The largest absolute Gasteiger partial charge is 0.306 e. The zero-order valence-corrected chi connectivity index (χ0v) is 15.9. The Morgan fingerprint density at radius 3 is 2.32 bits per heavy atom. The van der Waals surface area contributed by atoms with Gasteiger partial charge in [0.2, 0.25) is 0 Å². The molecule has 2 aromatic rings. The summed E-state index contributed by atoms with van der Waals surface area (Å²) in [5.74, 6) is -0.317. The van der Waals surface area contributed by atoms with Crippen molar-refractivity contribution in [1.29, 1.82) is 0 Å². The molecule has 0 saturated heterocycles. The van der Waals surface area contributed by atoms with Crippen molar-refractivity contribution < 1.29 is 13.2 Å². The molecule has 0 bridgehead atoms. The van der Waals surface area contributed by atoms with E-state index >= 15 is 0 Å². The molecular weight excluding hydrogens is 406 g/mol. The molecule has 0 radical (unpaired) electrons. The van der Waals surface area contributed by atoms with Crippen molar-refractivity contribution in [2.45, 2.75) is 18.2 Å². The number of carbonyl (C=O) groups is 1. The summed E-state index contributed by atoms with van der Waals surface area (Å²) in [6.07, 6.45) is 4.36. The molecule has 6 nitrogen and oxygen atoms in total. The Morgan fingerprint density at radius 2 is 1.72 bits per heavy atom. The summed E-state index contributed by atoms with van der Waals surface area (Å²) >= 11 is 3.26. The fraction of sp³-hybridized carbons (Fsp3) is 0.118. The van der Waals surface area contributed by atoms with Gasteiger partial charge in [-0.1, -0.05) is 28.9 Å². The van der Waals surface area contributed by atoms with E-state index in [1.165, 1.54) is 24.3 Å². The number of rotatable bonds is 7. The Balaban J connectivity index is 2.03. The fourth-order valence-electron chi connectivity index (χ4n) is 1.87. The van der Waals surface area contributed by atoms with E-state index < -0.39 is 10.0 Å². The minimum Gasteiger partial charge on any atom is -0.306 e. The van der Waals surface area contributed by atoms with Crippen LogP contribution in [0.15, 0.2) is 70.2 Å². The molecule has 2 rings (SSSR count). The lowest BCUT2D eigenvalue weighted by Gasteiger charge is -2.09. The van der Waals surface area contributed by atoms with Crippen LogP contribution >= 0.6 is 15.9 Å². The van der Waals surface area contributed by atoms with Gasteiger partial charge in [-0.15, -0.1) is 0 Å². The first-order valence-electron chi connectivity index (χ1n) is 7.51. The SMILES string of the molecule is CC/C=C/NNC(=O)c1ccc(NS(=O)(=O)c2ccc(Br)cc2)cc1. The highest BCUT2D eigenvalue weighted by Gasteiger charge is 2.14. The average Bonchev–Trinajstić information content (AvgIpc) is 2.59. The third-order valence-electron chi connectivity index (χ3n) is 3.15. The molecule has 0 aliphatic carbocycles. The number of hydrazine groups is 1. The number of hydrogen-bond acceptors (Lipinski definition) is 4. The van der Waals surface area contributed by atoms with Crippen LogP contribution < -0.4 is 15.6 Å². The van der Waals surface area contributed by atoms with E-state index in [2.05, 4.69) is 31.5 Å². The third-order valence-corrected chi connectivity index (χ3v) is 5.07. The number of halogens is 1. The van der Waals surface area contributed by atoms with Gasteiger partial charge in [0.15, 0.2) is 0 Å². The van der Waals surface area contributed by atoms with Crippen LogP contribution in [0.25, 0.3) is 0 Å². The van der Waals surface area contributed by atoms with E-state index in [4.69, 9.17) is 0 Å². The molecule has 0 atom stereocenters. The van der Waals surface area contributed by atoms with Gasteiger partial charge in [-0.3, -0.25) is 14.9 Å². The second-order valence-corrected chi connectivity index (χ2v) is 7.64. The number of anilines is 1. The minimum absolute atomic E-state index is 0.157. The van der Waals surface area contributed by atoms with Gasteiger partial charge in [-0.05, 0) is 55.0 Å². The van der Waals surface area contributed by atoms with Crippen LogP contribution in [0.2, 0.25) is 0 Å². The van der Waals surface area contributed by atoms with E-state index in [9.17, 15) is 13.2 Å². The summed E-state index contributed by atoms with van der Waals surface area (Å²) in [4.78, 5) is 12.1. The van der Waals surface area contributed by atoms with Crippen LogP contribution in [0.3, 0.4) is 0 Å². The van der Waals surface area contributed by atoms with Crippen LogP contribution in [0, 0.1) is 0 Å². The monoisotopic (exact) mass is 423 g/mol. The van der Waals surface area contributed by atoms with Crippen molar-refractivity contribution >= 4 is 37.5 Å². The van der Waals surface area contributed by atoms with Crippen LogP contribution in [0.5, 0.6) is 0 Å². The van der Waals surface area contributed by atoms with E-state index in [-0.39, 0.29) is 10.8 Å². The second-order valence-electron chi connectivity index (χ2n) is 5.05. The summed E-state index contributed by atoms with van der Waals surface area (Å²) in [5.41, 5.74) is 5.96. The fourth-order valence-corrected chi connectivity index (χ4v) is 3.20. The lowest BCUT2D eigenvalue weighted by Crippen LogP contribution is -2.33. The molecular formula is C17H18BrN3O3S. The van der Waals surface area contributed by atoms with Gasteiger partial charge in [0.25, 0.3) is 15.9 Å². The minimum atomic E-state index is -3.68. The predicted molar refractivity (Wildman–Crippen MR) is 101 cm³/mol. The van der Waals surface area contributed by atoms with Gasteiger partial charge >= 0.3 is 0 Å². The number of nitrogens with one attached hydrogen (secondary N) is 3. The number of hydrogen-bond donors (Lipinski definition) is 3. The lowest BCUT2D eigenvalue weighted by molar-refractivity contribution is 0.0941. The van der Waals surface area contributed by atoms with Crippen LogP contribution in [-0.4, -0.2) is 14.3 Å². The van der Waals surface area contributed by atoms with Gasteiger partial charge in [0.1, 0.15) is 0 Å². The van der Waals surface area contributed by atoms with Crippen molar-refractivity contribution in [2.24, 2.45) is 0 Å². The summed E-state index contributed by atoms with van der Waals surface area (Å²) in [7, 11) is -3.68. The standard InChI is InChI=1S/C17H18BrN3O3S/c1-2-3-12-19-20-17(22)13-4-8-15(9-5-13)21-25(23,24)16-10-6-14(18)7-11-16/h3-12,19,21H,2H2,1H3,(H,20,22)/b12-3+. The second kappa shape index (κ2) is 8.68. The first-order valence-corrected chi connectivity index (χ1v) is 9.79. The normalized spacial score (nSPS) is 11.3. The molecule has 2 aromatic carbocycles. The topological polar surface area (TPSA) is 87.3 Å². The van der Waals surface area contributed by atoms with E-state index in [0.29, 0.717) is 11.3 Å². The highest BCUT2D eigenvalue weighted by Crippen LogP contribution is 2.19. The maximum absolute atomic E-state index is 12.3. The van der Waals surface area contributed by atoms with Crippen molar-refractivity contribution in [1.82, 2.24) is 10.9 Å². The molecule has 8 heteroatoms. The average molecular weight is 424 g/mol. The number of amides is 1. The molecule has 0 fully saturated rings. The Labute approximate surface area is 155 Å². The maximum atomic E-state index is 12.3. The zero-order chi connectivity index (χ0) is 18.3. The van der Waals surface area contributed by atoms with E-state index in [1.54, 1.807) is 30.5 Å². The molecule has 0 aliphatic rings. The quantitative estimate of drug-likeness (QED) is 0.595. The Hall–Kier alpha value is -2.32. The molecule has 132 valence electrons. The Kier molecular flexibility index (Phi) is 6.60. The van der Waals surface area contributed by atoms with Crippen molar-refractivity contribution in [3.8, 4) is 0 Å². The highest BCUT2D eigenvalue weighted by atomic mass is 79.9. The van der Waals surface area contributed by atoms with E-state index in [0.717, 1.165) is 10.9 Å².